The van der Waals surface area contributed by atoms with Crippen molar-refractivity contribution in [2.75, 3.05) is 20.8 Å². The molecule has 0 bridgehead atoms. The third kappa shape index (κ3) is 3.05. The Kier molecular flexibility index (Phi) is 4.67. The van der Waals surface area contributed by atoms with Crippen LogP contribution in [0.1, 0.15) is 16.7 Å². The first-order valence-electron chi connectivity index (χ1n) is 7.96. The summed E-state index contributed by atoms with van der Waals surface area (Å²) < 4.78 is 5.33. The molecule has 0 radical (unpaired) electrons. The Morgan fingerprint density at radius 2 is 2.00 bits per heavy atom. The van der Waals surface area contributed by atoms with Gasteiger partial charge in [-0.15, -0.1) is 0 Å². The molecule has 0 saturated heterocycles. The van der Waals surface area contributed by atoms with E-state index in [0.717, 1.165) is 16.7 Å². The van der Waals surface area contributed by atoms with Gasteiger partial charge in [0.2, 0.25) is 0 Å². The number of benzene rings is 2. The van der Waals surface area contributed by atoms with Gasteiger partial charge in [-0.3, -0.25) is 4.79 Å². The number of fused-ring (bicyclic) bond motifs is 1. The number of carbonyl (C=O) groups is 1. The maximum atomic E-state index is 13.0. The predicted molar refractivity (Wildman–Crippen MR) is 94.7 cm³/mol. The zero-order valence-electron chi connectivity index (χ0n) is 13.9. The van der Waals surface area contributed by atoms with Crippen molar-refractivity contribution in [2.24, 2.45) is 0 Å². The molecule has 0 aliphatic carbocycles. The molecule has 24 heavy (non-hydrogen) atoms. The second kappa shape index (κ2) is 6.89. The van der Waals surface area contributed by atoms with E-state index in [1.54, 1.807) is 19.1 Å². The Balaban J connectivity index is 2.18. The van der Waals surface area contributed by atoms with E-state index >= 15 is 0 Å². The first-order chi connectivity index (χ1) is 11.6. The highest BCUT2D eigenvalue weighted by molar-refractivity contribution is 6.25. The van der Waals surface area contributed by atoms with Crippen LogP contribution >= 0.6 is 0 Å². The summed E-state index contributed by atoms with van der Waals surface area (Å²) in [4.78, 5) is 14.6. The number of likely N-dealkylation sites (N-methyl/N-ethyl adjacent to an activating group) is 1. The van der Waals surface area contributed by atoms with Crippen LogP contribution in [-0.2, 0) is 11.2 Å². The van der Waals surface area contributed by atoms with E-state index in [4.69, 9.17) is 4.74 Å². The van der Waals surface area contributed by atoms with Crippen molar-refractivity contribution in [3.63, 3.8) is 0 Å². The second-order valence-electron chi connectivity index (χ2n) is 5.95. The lowest BCUT2D eigenvalue weighted by Crippen LogP contribution is -2.39. The molecule has 0 spiro atoms. The van der Waals surface area contributed by atoms with E-state index in [1.165, 1.54) is 0 Å². The third-order valence-corrected chi connectivity index (χ3v) is 4.48. The van der Waals surface area contributed by atoms with Crippen molar-refractivity contribution < 1.29 is 14.6 Å². The van der Waals surface area contributed by atoms with E-state index in [0.29, 0.717) is 17.7 Å². The van der Waals surface area contributed by atoms with Crippen LogP contribution in [-0.4, -0.2) is 42.7 Å². The van der Waals surface area contributed by atoms with Gasteiger partial charge >= 0.3 is 0 Å². The maximum Gasteiger partial charge on any atom is 0.254 e. The van der Waals surface area contributed by atoms with Gasteiger partial charge in [0.15, 0.2) is 0 Å². The van der Waals surface area contributed by atoms with Crippen LogP contribution < -0.4 is 4.74 Å². The smallest absolute Gasteiger partial charge is 0.254 e. The van der Waals surface area contributed by atoms with Gasteiger partial charge in [0.25, 0.3) is 5.91 Å². The minimum absolute atomic E-state index is 0.0632. The van der Waals surface area contributed by atoms with E-state index in [9.17, 15) is 9.90 Å². The van der Waals surface area contributed by atoms with Crippen LogP contribution in [0.25, 0.3) is 11.6 Å². The largest absolute Gasteiger partial charge is 0.497 e. The molecular weight excluding hydrogens is 302 g/mol. The number of hydrogen-bond donors (Lipinski definition) is 1. The maximum absolute atomic E-state index is 13.0. The molecule has 1 heterocycles. The Hall–Kier alpha value is -2.59. The molecule has 4 heteroatoms. The van der Waals surface area contributed by atoms with Crippen molar-refractivity contribution in [1.82, 2.24) is 4.90 Å². The van der Waals surface area contributed by atoms with Crippen LogP contribution in [0, 0.1) is 0 Å². The van der Waals surface area contributed by atoms with Gasteiger partial charge in [-0.1, -0.05) is 36.4 Å². The minimum atomic E-state index is -0.230. The summed E-state index contributed by atoms with van der Waals surface area (Å²) in [5.74, 6) is 0.621. The number of carbonyl (C=O) groups excluding carboxylic acids is 1. The molecule has 124 valence electrons. The summed E-state index contributed by atoms with van der Waals surface area (Å²) >= 11 is 0. The van der Waals surface area contributed by atoms with Gasteiger partial charge in [-0.05, 0) is 41.3 Å². The lowest BCUT2D eigenvalue weighted by atomic mass is 9.95. The fraction of sp³-hybridized carbons (Fsp3) is 0.250. The third-order valence-electron chi connectivity index (χ3n) is 4.48. The number of aliphatic hydroxyl groups excluding tert-OH is 1. The zero-order valence-corrected chi connectivity index (χ0v) is 13.9. The predicted octanol–water partition coefficient (Wildman–Crippen LogP) is 2.61. The van der Waals surface area contributed by atoms with Crippen LogP contribution in [0.2, 0.25) is 0 Å². The normalized spacial score (nSPS) is 19.1. The van der Waals surface area contributed by atoms with Gasteiger partial charge in [-0.25, -0.2) is 0 Å². The molecule has 1 atom stereocenters. The van der Waals surface area contributed by atoms with Crippen LogP contribution in [0.5, 0.6) is 5.75 Å². The fourth-order valence-electron chi connectivity index (χ4n) is 3.02. The van der Waals surface area contributed by atoms with E-state index in [-0.39, 0.29) is 18.6 Å². The molecule has 0 aromatic heterocycles. The van der Waals surface area contributed by atoms with Crippen molar-refractivity contribution in [3.05, 3.63) is 65.2 Å². The first-order valence-corrected chi connectivity index (χ1v) is 7.96. The fourth-order valence-corrected chi connectivity index (χ4v) is 3.02. The van der Waals surface area contributed by atoms with E-state index in [1.807, 2.05) is 54.6 Å². The number of aliphatic hydroxyl groups is 1. The van der Waals surface area contributed by atoms with Gasteiger partial charge in [-0.2, -0.15) is 0 Å². The highest BCUT2D eigenvalue weighted by atomic mass is 16.5. The van der Waals surface area contributed by atoms with Crippen molar-refractivity contribution in [2.45, 2.75) is 12.5 Å². The van der Waals surface area contributed by atoms with Crippen molar-refractivity contribution >= 4 is 17.6 Å². The number of ether oxygens (including phenoxy) is 1. The lowest BCUT2D eigenvalue weighted by molar-refractivity contribution is -0.126. The summed E-state index contributed by atoms with van der Waals surface area (Å²) in [6.45, 7) is -0.0632. The monoisotopic (exact) mass is 323 g/mol. The first kappa shape index (κ1) is 16.3. The van der Waals surface area contributed by atoms with Crippen molar-refractivity contribution in [1.29, 1.82) is 0 Å². The van der Waals surface area contributed by atoms with E-state index in [2.05, 4.69) is 0 Å². The van der Waals surface area contributed by atoms with Gasteiger partial charge in [0, 0.05) is 12.6 Å². The van der Waals surface area contributed by atoms with E-state index < -0.39 is 0 Å². The van der Waals surface area contributed by atoms with Gasteiger partial charge in [0.05, 0.1) is 19.8 Å². The van der Waals surface area contributed by atoms with Crippen molar-refractivity contribution in [3.8, 4) is 5.75 Å². The molecule has 1 unspecified atom stereocenters. The number of hydrogen-bond acceptors (Lipinski definition) is 3. The molecule has 2 aromatic rings. The van der Waals surface area contributed by atoms with Crippen LogP contribution in [0.4, 0.5) is 0 Å². The summed E-state index contributed by atoms with van der Waals surface area (Å²) in [5.41, 5.74) is 3.49. The quantitative estimate of drug-likeness (QED) is 0.884. The Morgan fingerprint density at radius 1 is 1.25 bits per heavy atom. The molecule has 0 fully saturated rings. The topological polar surface area (TPSA) is 49.8 Å². The highest BCUT2D eigenvalue weighted by Crippen LogP contribution is 2.32. The molecule has 1 aliphatic rings. The number of methoxy groups -OCH3 is 1. The zero-order chi connectivity index (χ0) is 17.1. The van der Waals surface area contributed by atoms with Gasteiger partial charge in [0.1, 0.15) is 5.75 Å². The molecule has 1 N–H and O–H groups in total. The highest BCUT2D eigenvalue weighted by Gasteiger charge is 2.29. The second-order valence-corrected chi connectivity index (χ2v) is 5.95. The molecule has 1 aliphatic heterocycles. The van der Waals surface area contributed by atoms with Crippen LogP contribution in [0.3, 0.4) is 0 Å². The van der Waals surface area contributed by atoms with Gasteiger partial charge < -0.3 is 14.7 Å². The molecular formula is C20H21NO3. The Labute approximate surface area is 142 Å². The number of rotatable bonds is 3. The standard InChI is InChI=1S/C20H21NO3/c1-21-16(13-22)11-15-8-9-17(24-2)12-18(15)19(20(21)23)10-14-6-4-3-5-7-14/h3-10,12,16,22H,11,13H2,1-2H3/b19-10-. The average Bonchev–Trinajstić information content (AvgIpc) is 2.72. The summed E-state index contributed by atoms with van der Waals surface area (Å²) in [5, 5.41) is 9.67. The molecule has 2 aromatic carbocycles. The lowest BCUT2D eigenvalue weighted by Gasteiger charge is -2.24. The summed E-state index contributed by atoms with van der Waals surface area (Å²) in [6.07, 6.45) is 2.51. The molecule has 4 nitrogen and oxygen atoms in total. The number of nitrogens with zero attached hydrogens (tertiary/aromatic N) is 1. The SMILES string of the molecule is COc1ccc2c(c1)/C(=C/c1ccccc1)C(=O)N(C)C(CO)C2. The Bertz CT molecular complexity index is 768. The molecule has 1 amide bonds. The summed E-state index contributed by atoms with van der Waals surface area (Å²) in [6, 6.07) is 15.3. The Morgan fingerprint density at radius 3 is 2.67 bits per heavy atom. The van der Waals surface area contributed by atoms with Crippen LogP contribution in [0.15, 0.2) is 48.5 Å². The average molecular weight is 323 g/mol. The number of amides is 1. The molecule has 0 saturated carbocycles. The molecule has 3 rings (SSSR count). The summed E-state index contributed by atoms with van der Waals surface area (Å²) in [7, 11) is 3.36. The minimum Gasteiger partial charge on any atom is -0.497 e.